The molecule has 0 unspecified atom stereocenters. The van der Waals surface area contributed by atoms with Gasteiger partial charge < -0.3 is 11.1 Å². The first-order chi connectivity index (χ1) is 8.20. The van der Waals surface area contributed by atoms with Gasteiger partial charge in [0.05, 0.1) is 17.6 Å². The van der Waals surface area contributed by atoms with Crippen molar-refractivity contribution in [2.75, 3.05) is 23.8 Å². The smallest absolute Gasteiger partial charge is 0.271 e. The molecule has 0 saturated carbocycles. The number of hydrogen-bond donors (Lipinski definition) is 2. The first-order valence-electron chi connectivity index (χ1n) is 5.31. The second kappa shape index (κ2) is 6.86. The van der Waals surface area contributed by atoms with Crippen molar-refractivity contribution in [3.63, 3.8) is 0 Å². The monoisotopic (exact) mass is 252 g/mol. The first-order valence-corrected chi connectivity index (χ1v) is 6.46. The number of nitrogens with two attached hydrogens (primary N) is 1. The lowest BCUT2D eigenvalue weighted by molar-refractivity contribution is 0.0946. The summed E-state index contributed by atoms with van der Waals surface area (Å²) in [7, 11) is 0. The van der Waals surface area contributed by atoms with Crippen molar-refractivity contribution >= 4 is 23.4 Å². The van der Waals surface area contributed by atoms with Crippen molar-refractivity contribution in [2.24, 2.45) is 0 Å². The molecule has 0 aliphatic carbocycles. The molecule has 0 saturated heterocycles. The van der Waals surface area contributed by atoms with Gasteiger partial charge in [0.15, 0.2) is 0 Å². The topological polar surface area (TPSA) is 72.9 Å². The molecule has 6 heteroatoms. The average molecular weight is 252 g/mol. The highest BCUT2D eigenvalue weighted by Crippen LogP contribution is 2.10. The fourth-order valence-electron chi connectivity index (χ4n) is 1.34. The maximum Gasteiger partial charge on any atom is 0.271 e. The van der Waals surface area contributed by atoms with Gasteiger partial charge in [-0.3, -0.25) is 9.48 Å². The third-order valence-corrected chi connectivity index (χ3v) is 2.96. The zero-order valence-corrected chi connectivity index (χ0v) is 10.6. The van der Waals surface area contributed by atoms with Crippen LogP contribution in [0.1, 0.15) is 17.4 Å². The highest BCUT2D eigenvalue weighted by molar-refractivity contribution is 7.99. The first kappa shape index (κ1) is 13.5. The molecule has 1 heterocycles. The summed E-state index contributed by atoms with van der Waals surface area (Å²) in [4.78, 5) is 11.8. The second-order valence-electron chi connectivity index (χ2n) is 3.28. The van der Waals surface area contributed by atoms with Crippen LogP contribution in [0.25, 0.3) is 0 Å². The molecule has 0 fully saturated rings. The van der Waals surface area contributed by atoms with Crippen molar-refractivity contribution in [3.8, 4) is 12.3 Å². The van der Waals surface area contributed by atoms with Crippen molar-refractivity contribution in [3.05, 3.63) is 11.9 Å². The Morgan fingerprint density at radius 1 is 1.76 bits per heavy atom. The van der Waals surface area contributed by atoms with Crippen LogP contribution in [0, 0.1) is 12.3 Å². The van der Waals surface area contributed by atoms with Gasteiger partial charge in [-0.2, -0.15) is 5.10 Å². The van der Waals surface area contributed by atoms with Crippen molar-refractivity contribution < 1.29 is 4.79 Å². The van der Waals surface area contributed by atoms with Crippen LogP contribution in [0.5, 0.6) is 0 Å². The van der Waals surface area contributed by atoms with Gasteiger partial charge in [0.25, 0.3) is 5.91 Å². The normalized spacial score (nSPS) is 9.88. The number of aryl methyl sites for hydroxylation is 1. The molecule has 0 aliphatic rings. The predicted molar refractivity (Wildman–Crippen MR) is 70.8 cm³/mol. The molecule has 0 aliphatic heterocycles. The summed E-state index contributed by atoms with van der Waals surface area (Å²) < 4.78 is 1.58. The van der Waals surface area contributed by atoms with Crippen LogP contribution in [0.3, 0.4) is 0 Å². The van der Waals surface area contributed by atoms with E-state index in [4.69, 9.17) is 12.2 Å². The van der Waals surface area contributed by atoms with Gasteiger partial charge in [-0.1, -0.05) is 5.92 Å². The molecular weight excluding hydrogens is 236 g/mol. The van der Waals surface area contributed by atoms with Gasteiger partial charge in [-0.15, -0.1) is 18.2 Å². The van der Waals surface area contributed by atoms with Crippen LogP contribution in [0.2, 0.25) is 0 Å². The standard InChI is InChI=1S/C11H16N4OS/c1-3-6-17-7-5-13-11(16)10-9(12)8-14-15(10)4-2/h1,8H,4-7,12H2,2H3,(H,13,16). The van der Waals surface area contributed by atoms with Crippen LogP contribution in [-0.4, -0.2) is 33.7 Å². The van der Waals surface area contributed by atoms with Gasteiger partial charge in [-0.25, -0.2) is 0 Å². The Balaban J connectivity index is 2.47. The van der Waals surface area contributed by atoms with Gasteiger partial charge in [-0.05, 0) is 6.92 Å². The predicted octanol–water partition coefficient (Wildman–Crippen LogP) is 0.581. The quantitative estimate of drug-likeness (QED) is 0.574. The molecule has 0 atom stereocenters. The summed E-state index contributed by atoms with van der Waals surface area (Å²) in [6, 6.07) is 0. The van der Waals surface area contributed by atoms with E-state index in [1.807, 2.05) is 6.92 Å². The largest absolute Gasteiger partial charge is 0.396 e. The molecule has 1 aromatic heterocycles. The van der Waals surface area contributed by atoms with Crippen molar-refractivity contribution in [1.29, 1.82) is 0 Å². The van der Waals surface area contributed by atoms with Gasteiger partial charge >= 0.3 is 0 Å². The number of aromatic nitrogens is 2. The van der Waals surface area contributed by atoms with E-state index in [2.05, 4.69) is 16.3 Å². The van der Waals surface area contributed by atoms with E-state index in [0.29, 0.717) is 30.2 Å². The molecule has 17 heavy (non-hydrogen) atoms. The Labute approximate surface area is 105 Å². The number of nitrogens with zero attached hydrogens (tertiary/aromatic N) is 2. The number of terminal acetylenes is 1. The van der Waals surface area contributed by atoms with Gasteiger partial charge in [0.1, 0.15) is 5.69 Å². The Morgan fingerprint density at radius 2 is 2.53 bits per heavy atom. The maximum atomic E-state index is 11.8. The Kier molecular flexibility index (Phi) is 5.43. The lowest BCUT2D eigenvalue weighted by Gasteiger charge is -2.07. The van der Waals surface area contributed by atoms with Crippen molar-refractivity contribution in [2.45, 2.75) is 13.5 Å². The third-order valence-electron chi connectivity index (χ3n) is 2.10. The van der Waals surface area contributed by atoms with E-state index in [1.54, 1.807) is 16.4 Å². The van der Waals surface area contributed by atoms with Crippen LogP contribution in [0.15, 0.2) is 6.20 Å². The van der Waals surface area contributed by atoms with E-state index < -0.39 is 0 Å². The molecule has 1 amide bonds. The zero-order chi connectivity index (χ0) is 12.7. The Bertz CT molecular complexity index is 422. The number of carbonyl (C=O) groups is 1. The van der Waals surface area contributed by atoms with E-state index in [-0.39, 0.29) is 5.91 Å². The number of amides is 1. The number of rotatable bonds is 6. The number of nitrogens with one attached hydrogen (secondary N) is 1. The zero-order valence-electron chi connectivity index (χ0n) is 9.77. The minimum atomic E-state index is -0.192. The highest BCUT2D eigenvalue weighted by atomic mass is 32.2. The number of thioether (sulfide) groups is 1. The molecule has 1 rings (SSSR count). The maximum absolute atomic E-state index is 11.8. The summed E-state index contributed by atoms with van der Waals surface area (Å²) in [6.45, 7) is 3.09. The van der Waals surface area contributed by atoms with Gasteiger partial charge in [0.2, 0.25) is 0 Å². The fraction of sp³-hybridized carbons (Fsp3) is 0.455. The SMILES string of the molecule is C#CCSCCNC(=O)c1c(N)cnn1CC. The molecule has 92 valence electrons. The van der Waals surface area contributed by atoms with Crippen LogP contribution in [0.4, 0.5) is 5.69 Å². The molecule has 5 nitrogen and oxygen atoms in total. The number of hydrogen-bond acceptors (Lipinski definition) is 4. The van der Waals surface area contributed by atoms with E-state index in [9.17, 15) is 4.79 Å². The third kappa shape index (κ3) is 3.71. The molecule has 0 radical (unpaired) electrons. The minimum Gasteiger partial charge on any atom is -0.396 e. The van der Waals surface area contributed by atoms with E-state index in [1.165, 1.54) is 6.20 Å². The summed E-state index contributed by atoms with van der Waals surface area (Å²) in [5.41, 5.74) is 6.52. The molecular formula is C11H16N4OS. The summed E-state index contributed by atoms with van der Waals surface area (Å²) in [5.74, 6) is 3.78. The Hall–Kier alpha value is -1.61. The minimum absolute atomic E-state index is 0.192. The summed E-state index contributed by atoms with van der Waals surface area (Å²) in [5, 5.41) is 6.80. The lowest BCUT2D eigenvalue weighted by atomic mass is 10.3. The molecule has 1 aromatic rings. The summed E-state index contributed by atoms with van der Waals surface area (Å²) >= 11 is 1.60. The molecule has 3 N–H and O–H groups in total. The fourth-order valence-corrected chi connectivity index (χ4v) is 1.85. The molecule has 0 bridgehead atoms. The lowest BCUT2D eigenvalue weighted by Crippen LogP contribution is -2.28. The molecule has 0 aromatic carbocycles. The van der Waals surface area contributed by atoms with Crippen molar-refractivity contribution in [1.82, 2.24) is 15.1 Å². The number of nitrogen functional groups attached to an aromatic ring is 1. The second-order valence-corrected chi connectivity index (χ2v) is 4.38. The number of carbonyl (C=O) groups excluding carboxylic acids is 1. The summed E-state index contributed by atoms with van der Waals surface area (Å²) in [6.07, 6.45) is 6.61. The van der Waals surface area contributed by atoms with Crippen LogP contribution in [-0.2, 0) is 6.54 Å². The Morgan fingerprint density at radius 3 is 3.18 bits per heavy atom. The van der Waals surface area contributed by atoms with Gasteiger partial charge in [0, 0.05) is 18.8 Å². The molecule has 0 spiro atoms. The van der Waals surface area contributed by atoms with Crippen LogP contribution < -0.4 is 11.1 Å². The average Bonchev–Trinajstić information content (AvgIpc) is 2.70. The van der Waals surface area contributed by atoms with E-state index in [0.717, 1.165) is 5.75 Å². The van der Waals surface area contributed by atoms with E-state index >= 15 is 0 Å². The number of anilines is 1. The van der Waals surface area contributed by atoms with Crippen LogP contribution >= 0.6 is 11.8 Å². The highest BCUT2D eigenvalue weighted by Gasteiger charge is 2.15.